The highest BCUT2D eigenvalue weighted by Gasteiger charge is 2.15. The highest BCUT2D eigenvalue weighted by Crippen LogP contribution is 2.36. The zero-order valence-corrected chi connectivity index (χ0v) is 13.4. The van der Waals surface area contributed by atoms with Crippen LogP contribution < -0.4 is 4.74 Å². The van der Waals surface area contributed by atoms with Gasteiger partial charge in [0.05, 0.1) is 28.9 Å². The van der Waals surface area contributed by atoms with E-state index in [-0.39, 0.29) is 0 Å². The number of aryl methyl sites for hydroxylation is 2. The van der Waals surface area contributed by atoms with Crippen LogP contribution in [0.4, 0.5) is 0 Å². The molecule has 0 N–H and O–H groups in total. The Morgan fingerprint density at radius 2 is 2.10 bits per heavy atom. The van der Waals surface area contributed by atoms with E-state index in [1.165, 1.54) is 10.9 Å². The summed E-state index contributed by atoms with van der Waals surface area (Å²) in [6, 6.07) is 6.10. The summed E-state index contributed by atoms with van der Waals surface area (Å²) in [5.74, 6) is 0.718. The van der Waals surface area contributed by atoms with E-state index in [2.05, 4.69) is 29.5 Å². The summed E-state index contributed by atoms with van der Waals surface area (Å²) in [5.41, 5.74) is 3.41. The Hall–Kier alpha value is -1.74. The molecule has 3 rings (SSSR count). The SMILES string of the molecule is CCCCn1c2cc(OC)c(Cl)cc2c2ccnc(C)c21. The van der Waals surface area contributed by atoms with Crippen molar-refractivity contribution in [1.82, 2.24) is 9.55 Å². The molecule has 3 aromatic rings. The first-order valence-electron chi connectivity index (χ1n) is 7.28. The van der Waals surface area contributed by atoms with E-state index < -0.39 is 0 Å². The lowest BCUT2D eigenvalue weighted by Gasteiger charge is -2.09. The second-order valence-electron chi connectivity index (χ2n) is 5.30. The van der Waals surface area contributed by atoms with E-state index in [1.807, 2.05) is 18.3 Å². The smallest absolute Gasteiger partial charge is 0.139 e. The van der Waals surface area contributed by atoms with Crippen LogP contribution in [0.3, 0.4) is 0 Å². The van der Waals surface area contributed by atoms with Crippen molar-refractivity contribution in [3.05, 3.63) is 35.1 Å². The number of rotatable bonds is 4. The minimum absolute atomic E-state index is 0.647. The van der Waals surface area contributed by atoms with Gasteiger partial charge in [-0.3, -0.25) is 4.98 Å². The molecule has 0 aliphatic carbocycles. The number of methoxy groups -OCH3 is 1. The zero-order valence-electron chi connectivity index (χ0n) is 12.6. The zero-order chi connectivity index (χ0) is 15.0. The van der Waals surface area contributed by atoms with Gasteiger partial charge in [-0.1, -0.05) is 24.9 Å². The maximum atomic E-state index is 6.31. The molecular weight excluding hydrogens is 284 g/mol. The maximum absolute atomic E-state index is 6.31. The minimum Gasteiger partial charge on any atom is -0.495 e. The van der Waals surface area contributed by atoms with E-state index in [0.717, 1.165) is 41.7 Å². The third kappa shape index (κ3) is 2.26. The summed E-state index contributed by atoms with van der Waals surface area (Å²) >= 11 is 6.31. The second-order valence-corrected chi connectivity index (χ2v) is 5.71. The number of fused-ring (bicyclic) bond motifs is 3. The average Bonchev–Trinajstić information content (AvgIpc) is 2.79. The van der Waals surface area contributed by atoms with Crippen molar-refractivity contribution in [3.63, 3.8) is 0 Å². The molecule has 0 saturated heterocycles. The fourth-order valence-corrected chi connectivity index (χ4v) is 3.16. The molecule has 110 valence electrons. The Kier molecular flexibility index (Phi) is 3.77. The van der Waals surface area contributed by atoms with Gasteiger partial charge in [0.2, 0.25) is 0 Å². The third-order valence-corrected chi connectivity index (χ3v) is 4.26. The fourth-order valence-electron chi connectivity index (χ4n) is 2.92. The number of hydrogen-bond acceptors (Lipinski definition) is 2. The lowest BCUT2D eigenvalue weighted by molar-refractivity contribution is 0.415. The van der Waals surface area contributed by atoms with Gasteiger partial charge in [0, 0.05) is 29.6 Å². The van der Waals surface area contributed by atoms with Gasteiger partial charge in [-0.25, -0.2) is 0 Å². The van der Waals surface area contributed by atoms with E-state index in [1.54, 1.807) is 7.11 Å². The number of benzene rings is 1. The maximum Gasteiger partial charge on any atom is 0.139 e. The van der Waals surface area contributed by atoms with Crippen molar-refractivity contribution in [2.75, 3.05) is 7.11 Å². The molecule has 21 heavy (non-hydrogen) atoms. The second kappa shape index (κ2) is 5.57. The van der Waals surface area contributed by atoms with Crippen molar-refractivity contribution in [3.8, 4) is 5.75 Å². The lowest BCUT2D eigenvalue weighted by atomic mass is 10.1. The molecule has 2 aromatic heterocycles. The van der Waals surface area contributed by atoms with Gasteiger partial charge in [-0.15, -0.1) is 0 Å². The van der Waals surface area contributed by atoms with Crippen LogP contribution in [0.5, 0.6) is 5.75 Å². The number of pyridine rings is 1. The Morgan fingerprint density at radius 1 is 1.29 bits per heavy atom. The quantitative estimate of drug-likeness (QED) is 0.681. The first kappa shape index (κ1) is 14.2. The van der Waals surface area contributed by atoms with Crippen LogP contribution >= 0.6 is 11.6 Å². The van der Waals surface area contributed by atoms with Crippen molar-refractivity contribution < 1.29 is 4.74 Å². The molecule has 0 spiro atoms. The summed E-state index contributed by atoms with van der Waals surface area (Å²) in [6.07, 6.45) is 4.16. The van der Waals surface area contributed by atoms with Gasteiger partial charge < -0.3 is 9.30 Å². The predicted molar refractivity (Wildman–Crippen MR) is 88.4 cm³/mol. The van der Waals surface area contributed by atoms with Crippen molar-refractivity contribution in [1.29, 1.82) is 0 Å². The largest absolute Gasteiger partial charge is 0.495 e. The topological polar surface area (TPSA) is 27.1 Å². The molecule has 0 aliphatic heterocycles. The monoisotopic (exact) mass is 302 g/mol. The Balaban J connectivity index is 2.41. The Bertz CT molecular complexity index is 808. The number of ether oxygens (including phenoxy) is 1. The lowest BCUT2D eigenvalue weighted by Crippen LogP contribution is -1.99. The van der Waals surface area contributed by atoms with E-state index in [4.69, 9.17) is 16.3 Å². The van der Waals surface area contributed by atoms with Crippen molar-refractivity contribution in [2.24, 2.45) is 0 Å². The number of nitrogens with zero attached hydrogens (tertiary/aromatic N) is 2. The first-order chi connectivity index (χ1) is 10.2. The van der Waals surface area contributed by atoms with Gasteiger partial charge in [0.15, 0.2) is 0 Å². The standard InChI is InChI=1S/C17H19ClN2O/c1-4-5-8-20-15-10-16(21-3)14(18)9-13(15)12-6-7-19-11(2)17(12)20/h6-7,9-10H,4-5,8H2,1-3H3. The summed E-state index contributed by atoms with van der Waals surface area (Å²) in [7, 11) is 1.65. The van der Waals surface area contributed by atoms with E-state index >= 15 is 0 Å². The average molecular weight is 303 g/mol. The molecule has 0 atom stereocenters. The number of unbranched alkanes of at least 4 members (excludes halogenated alkanes) is 1. The van der Waals surface area contributed by atoms with Gasteiger partial charge in [0.25, 0.3) is 0 Å². The normalized spacial score (nSPS) is 11.4. The van der Waals surface area contributed by atoms with Crippen LogP contribution in [0, 0.1) is 6.92 Å². The molecule has 0 saturated carbocycles. The number of hydrogen-bond donors (Lipinski definition) is 0. The van der Waals surface area contributed by atoms with Crippen LogP contribution in [0.2, 0.25) is 5.02 Å². The molecule has 0 fully saturated rings. The summed E-state index contributed by atoms with van der Waals surface area (Å²) in [6.45, 7) is 5.24. The molecular formula is C17H19ClN2O. The van der Waals surface area contributed by atoms with E-state index in [9.17, 15) is 0 Å². The molecule has 0 aliphatic rings. The summed E-state index contributed by atoms with van der Waals surface area (Å²) in [4.78, 5) is 4.45. The highest BCUT2D eigenvalue weighted by atomic mass is 35.5. The van der Waals surface area contributed by atoms with Gasteiger partial charge >= 0.3 is 0 Å². The molecule has 4 heteroatoms. The van der Waals surface area contributed by atoms with Gasteiger partial charge in [0.1, 0.15) is 5.75 Å². The van der Waals surface area contributed by atoms with Gasteiger partial charge in [-0.2, -0.15) is 0 Å². The molecule has 0 unspecified atom stereocenters. The van der Waals surface area contributed by atoms with Gasteiger partial charge in [-0.05, 0) is 25.5 Å². The third-order valence-electron chi connectivity index (χ3n) is 3.96. The fraction of sp³-hybridized carbons (Fsp3) is 0.353. The molecule has 0 bridgehead atoms. The highest BCUT2D eigenvalue weighted by molar-refractivity contribution is 6.33. The molecule has 0 radical (unpaired) electrons. The molecule has 1 aromatic carbocycles. The minimum atomic E-state index is 0.647. The first-order valence-corrected chi connectivity index (χ1v) is 7.66. The van der Waals surface area contributed by atoms with E-state index in [0.29, 0.717) is 5.02 Å². The Morgan fingerprint density at radius 3 is 2.81 bits per heavy atom. The summed E-state index contributed by atoms with van der Waals surface area (Å²) in [5, 5.41) is 3.02. The van der Waals surface area contributed by atoms with Crippen LogP contribution in [-0.4, -0.2) is 16.7 Å². The van der Waals surface area contributed by atoms with Crippen molar-refractivity contribution in [2.45, 2.75) is 33.2 Å². The molecule has 0 amide bonds. The van der Waals surface area contributed by atoms with Crippen LogP contribution in [0.1, 0.15) is 25.5 Å². The molecule has 3 nitrogen and oxygen atoms in total. The summed E-state index contributed by atoms with van der Waals surface area (Å²) < 4.78 is 7.72. The predicted octanol–water partition coefficient (Wildman–Crippen LogP) is 4.96. The number of aromatic nitrogens is 2. The van der Waals surface area contributed by atoms with Crippen LogP contribution in [-0.2, 0) is 6.54 Å². The Labute approximate surface area is 129 Å². The number of halogens is 1. The molecule has 2 heterocycles. The van der Waals surface area contributed by atoms with Crippen LogP contribution in [0.25, 0.3) is 21.8 Å². The van der Waals surface area contributed by atoms with Crippen LogP contribution in [0.15, 0.2) is 24.4 Å². The van der Waals surface area contributed by atoms with Crippen molar-refractivity contribution >= 4 is 33.4 Å².